The molecule has 6 nitrogen and oxygen atoms in total. The molecule has 3 amide bonds. The van der Waals surface area contributed by atoms with Crippen molar-refractivity contribution in [1.29, 1.82) is 0 Å². The number of carbonyl (C=O) groups is 3. The number of benzene rings is 1. The predicted octanol–water partition coefficient (Wildman–Crippen LogP) is 1.93. The second-order valence-corrected chi connectivity index (χ2v) is 7.57. The van der Waals surface area contributed by atoms with E-state index >= 15 is 0 Å². The number of hydrogen-bond donors (Lipinski definition) is 3. The first kappa shape index (κ1) is 20.9. The Kier molecular flexibility index (Phi) is 8.30. The molecule has 1 unspecified atom stereocenters. The maximum absolute atomic E-state index is 12.5. The third-order valence-corrected chi connectivity index (χ3v) is 4.87. The Labute approximate surface area is 161 Å². The molecule has 0 aliphatic heterocycles. The monoisotopic (exact) mass is 373 g/mol. The second-order valence-electron chi connectivity index (χ2n) is 7.57. The highest BCUT2D eigenvalue weighted by Gasteiger charge is 2.25. The molecule has 27 heavy (non-hydrogen) atoms. The standard InChI is InChI=1S/C21H31N3O3/c1-15(2)20(24-18(25)13-16-9-5-3-6-10-16)21(27)22-14-19(26)23-17-11-7-4-8-12-17/h3,5-6,9-10,15,17,20H,4,7-8,11-14H2,1-2H3,(H,22,27)(H,23,26)(H,24,25). The molecule has 0 spiro atoms. The van der Waals surface area contributed by atoms with Crippen LogP contribution in [-0.4, -0.2) is 36.3 Å². The molecule has 1 aliphatic carbocycles. The number of nitrogens with one attached hydrogen (secondary N) is 3. The van der Waals surface area contributed by atoms with Crippen molar-refractivity contribution < 1.29 is 14.4 Å². The molecule has 3 N–H and O–H groups in total. The van der Waals surface area contributed by atoms with E-state index in [1.165, 1.54) is 6.42 Å². The van der Waals surface area contributed by atoms with Gasteiger partial charge in [-0.1, -0.05) is 63.4 Å². The van der Waals surface area contributed by atoms with Gasteiger partial charge in [-0.3, -0.25) is 14.4 Å². The van der Waals surface area contributed by atoms with Crippen LogP contribution in [0.1, 0.15) is 51.5 Å². The summed E-state index contributed by atoms with van der Waals surface area (Å²) in [6.07, 6.45) is 5.73. The van der Waals surface area contributed by atoms with Crippen molar-refractivity contribution in [2.75, 3.05) is 6.54 Å². The first-order valence-corrected chi connectivity index (χ1v) is 9.86. The molecule has 2 rings (SSSR count). The summed E-state index contributed by atoms with van der Waals surface area (Å²) >= 11 is 0. The summed E-state index contributed by atoms with van der Waals surface area (Å²) in [5.41, 5.74) is 0.893. The predicted molar refractivity (Wildman–Crippen MR) is 105 cm³/mol. The lowest BCUT2D eigenvalue weighted by molar-refractivity contribution is -0.131. The molecular weight excluding hydrogens is 342 g/mol. The summed E-state index contributed by atoms with van der Waals surface area (Å²) in [7, 11) is 0. The van der Waals surface area contributed by atoms with Gasteiger partial charge >= 0.3 is 0 Å². The fourth-order valence-electron chi connectivity index (χ4n) is 3.34. The molecule has 0 saturated heterocycles. The topological polar surface area (TPSA) is 87.3 Å². The van der Waals surface area contributed by atoms with Crippen LogP contribution in [0.4, 0.5) is 0 Å². The molecule has 0 radical (unpaired) electrons. The zero-order chi connectivity index (χ0) is 19.6. The van der Waals surface area contributed by atoms with E-state index in [2.05, 4.69) is 16.0 Å². The van der Waals surface area contributed by atoms with Crippen LogP contribution in [0.3, 0.4) is 0 Å². The maximum atomic E-state index is 12.5. The number of carbonyl (C=O) groups excluding carboxylic acids is 3. The largest absolute Gasteiger partial charge is 0.352 e. The van der Waals surface area contributed by atoms with E-state index in [-0.39, 0.29) is 42.6 Å². The van der Waals surface area contributed by atoms with E-state index in [4.69, 9.17) is 0 Å². The van der Waals surface area contributed by atoms with E-state index in [1.54, 1.807) is 0 Å². The molecule has 0 heterocycles. The highest BCUT2D eigenvalue weighted by atomic mass is 16.2. The van der Waals surface area contributed by atoms with Gasteiger partial charge in [-0.2, -0.15) is 0 Å². The minimum atomic E-state index is -0.663. The van der Waals surface area contributed by atoms with Crippen LogP contribution in [-0.2, 0) is 20.8 Å². The van der Waals surface area contributed by atoms with Crippen molar-refractivity contribution in [3.8, 4) is 0 Å². The van der Waals surface area contributed by atoms with Crippen molar-refractivity contribution in [1.82, 2.24) is 16.0 Å². The number of amides is 3. The Balaban J connectivity index is 1.79. The van der Waals surface area contributed by atoms with Crippen LogP contribution >= 0.6 is 0 Å². The molecule has 0 bridgehead atoms. The fourth-order valence-corrected chi connectivity index (χ4v) is 3.34. The molecule has 0 aromatic heterocycles. The van der Waals surface area contributed by atoms with Gasteiger partial charge < -0.3 is 16.0 Å². The number of rotatable bonds is 8. The normalized spacial score (nSPS) is 15.8. The van der Waals surface area contributed by atoms with Gasteiger partial charge in [0.05, 0.1) is 13.0 Å². The molecule has 1 saturated carbocycles. The summed E-state index contributed by atoms with van der Waals surface area (Å²) in [4.78, 5) is 36.8. The van der Waals surface area contributed by atoms with Gasteiger partial charge in [0, 0.05) is 6.04 Å². The van der Waals surface area contributed by atoms with E-state index in [0.717, 1.165) is 31.2 Å². The van der Waals surface area contributed by atoms with Gasteiger partial charge in [-0.15, -0.1) is 0 Å². The Morgan fingerprint density at radius 1 is 1.00 bits per heavy atom. The Bertz CT molecular complexity index is 625. The van der Waals surface area contributed by atoms with Crippen molar-refractivity contribution in [3.63, 3.8) is 0 Å². The Morgan fingerprint density at radius 3 is 2.30 bits per heavy atom. The molecular formula is C21H31N3O3. The maximum Gasteiger partial charge on any atom is 0.243 e. The molecule has 1 aromatic carbocycles. The van der Waals surface area contributed by atoms with E-state index in [1.807, 2.05) is 44.2 Å². The second kappa shape index (κ2) is 10.7. The van der Waals surface area contributed by atoms with E-state index < -0.39 is 6.04 Å². The van der Waals surface area contributed by atoms with Crippen LogP contribution in [0.5, 0.6) is 0 Å². The summed E-state index contributed by atoms with van der Waals surface area (Å²) in [5.74, 6) is -0.786. The van der Waals surface area contributed by atoms with E-state index in [9.17, 15) is 14.4 Å². The van der Waals surface area contributed by atoms with Gasteiger partial charge in [-0.05, 0) is 24.3 Å². The average Bonchev–Trinajstić information content (AvgIpc) is 2.65. The Morgan fingerprint density at radius 2 is 1.67 bits per heavy atom. The van der Waals surface area contributed by atoms with Crippen molar-refractivity contribution in [2.24, 2.45) is 5.92 Å². The van der Waals surface area contributed by atoms with E-state index in [0.29, 0.717) is 0 Å². The molecule has 1 fully saturated rings. The SMILES string of the molecule is CC(C)C(NC(=O)Cc1ccccc1)C(=O)NCC(=O)NC1CCCCC1. The third-order valence-electron chi connectivity index (χ3n) is 4.87. The first-order valence-electron chi connectivity index (χ1n) is 9.86. The lowest BCUT2D eigenvalue weighted by Crippen LogP contribution is -2.52. The molecule has 1 atom stereocenters. The van der Waals surface area contributed by atoms with Crippen LogP contribution in [0.15, 0.2) is 30.3 Å². The zero-order valence-corrected chi connectivity index (χ0v) is 16.3. The van der Waals surface area contributed by atoms with Gasteiger partial charge in [-0.25, -0.2) is 0 Å². The van der Waals surface area contributed by atoms with Crippen molar-refractivity contribution in [3.05, 3.63) is 35.9 Å². The van der Waals surface area contributed by atoms with Gasteiger partial charge in [0.1, 0.15) is 6.04 Å². The molecule has 6 heteroatoms. The molecule has 1 aliphatic rings. The summed E-state index contributed by atoms with van der Waals surface area (Å²) in [6.45, 7) is 3.68. The van der Waals surface area contributed by atoms with Crippen LogP contribution in [0, 0.1) is 5.92 Å². The molecule has 1 aromatic rings. The highest BCUT2D eigenvalue weighted by molar-refractivity contribution is 5.91. The van der Waals surface area contributed by atoms with Crippen LogP contribution < -0.4 is 16.0 Å². The zero-order valence-electron chi connectivity index (χ0n) is 16.3. The summed E-state index contributed by atoms with van der Waals surface area (Å²) in [6, 6.07) is 8.95. The quantitative estimate of drug-likeness (QED) is 0.651. The minimum Gasteiger partial charge on any atom is -0.352 e. The smallest absolute Gasteiger partial charge is 0.243 e. The minimum absolute atomic E-state index is 0.0624. The van der Waals surface area contributed by atoms with Crippen molar-refractivity contribution >= 4 is 17.7 Å². The average molecular weight is 373 g/mol. The summed E-state index contributed by atoms with van der Waals surface area (Å²) < 4.78 is 0. The van der Waals surface area contributed by atoms with Gasteiger partial charge in [0.15, 0.2) is 0 Å². The lowest BCUT2D eigenvalue weighted by Gasteiger charge is -2.24. The Hall–Kier alpha value is -2.37. The number of hydrogen-bond acceptors (Lipinski definition) is 3. The van der Waals surface area contributed by atoms with Crippen LogP contribution in [0.25, 0.3) is 0 Å². The molecule has 148 valence electrons. The lowest BCUT2D eigenvalue weighted by atomic mass is 9.95. The van der Waals surface area contributed by atoms with Gasteiger partial charge in [0.2, 0.25) is 17.7 Å². The first-order chi connectivity index (χ1) is 13.0. The van der Waals surface area contributed by atoms with Gasteiger partial charge in [0.25, 0.3) is 0 Å². The summed E-state index contributed by atoms with van der Waals surface area (Å²) in [5, 5.41) is 8.42. The third kappa shape index (κ3) is 7.41. The highest BCUT2D eigenvalue weighted by Crippen LogP contribution is 2.17. The fraction of sp³-hybridized carbons (Fsp3) is 0.571. The van der Waals surface area contributed by atoms with Crippen LogP contribution in [0.2, 0.25) is 0 Å². The van der Waals surface area contributed by atoms with Crippen molar-refractivity contribution in [2.45, 2.75) is 64.5 Å².